The van der Waals surface area contributed by atoms with Crippen molar-refractivity contribution >= 4 is 17.6 Å². The van der Waals surface area contributed by atoms with Crippen LogP contribution in [0.2, 0.25) is 0 Å². The highest BCUT2D eigenvalue weighted by atomic mass is 16.5. The van der Waals surface area contributed by atoms with Crippen LogP contribution in [0.25, 0.3) is 0 Å². The lowest BCUT2D eigenvalue weighted by atomic mass is 10.1. The fraction of sp³-hybridized carbons (Fsp3) is 0.200. The third-order valence-corrected chi connectivity index (χ3v) is 2.86. The van der Waals surface area contributed by atoms with E-state index in [1.54, 1.807) is 31.2 Å². The van der Waals surface area contributed by atoms with E-state index in [9.17, 15) is 9.59 Å². The molecule has 0 spiro atoms. The van der Waals surface area contributed by atoms with Gasteiger partial charge in [0.2, 0.25) is 5.91 Å². The number of likely N-dealkylation sites (N-methyl/N-ethyl adjacent to an activating group) is 1. The number of aryl methyl sites for hydroxylation is 1. The largest absolute Gasteiger partial charge is 0.360 e. The number of anilines is 1. The molecule has 0 atom stereocenters. The summed E-state index contributed by atoms with van der Waals surface area (Å²) >= 11 is 0. The Balaban J connectivity index is 1.98. The summed E-state index contributed by atoms with van der Waals surface area (Å²) in [6.07, 6.45) is 0. The van der Waals surface area contributed by atoms with Crippen molar-refractivity contribution < 1.29 is 14.1 Å². The lowest BCUT2D eigenvalue weighted by Gasteiger charge is -2.16. The summed E-state index contributed by atoms with van der Waals surface area (Å²) in [7, 11) is 1.51. The molecule has 0 unspecified atom stereocenters. The van der Waals surface area contributed by atoms with E-state index in [0.29, 0.717) is 22.7 Å². The topological polar surface area (TPSA) is 99.2 Å². The second-order valence-corrected chi connectivity index (χ2v) is 4.72. The zero-order chi connectivity index (χ0) is 16.1. The molecule has 0 saturated heterocycles. The summed E-state index contributed by atoms with van der Waals surface area (Å²) in [5.41, 5.74) is 0.744. The molecule has 2 aromatic rings. The Morgan fingerprint density at radius 2 is 2.18 bits per heavy atom. The molecule has 1 N–H and O–H groups in total. The Hall–Kier alpha value is -3.14. The zero-order valence-corrected chi connectivity index (χ0v) is 12.2. The van der Waals surface area contributed by atoms with Crippen LogP contribution in [0.4, 0.5) is 5.82 Å². The number of benzene rings is 1. The number of hydrogen-bond acceptors (Lipinski definition) is 5. The van der Waals surface area contributed by atoms with E-state index in [4.69, 9.17) is 9.78 Å². The summed E-state index contributed by atoms with van der Waals surface area (Å²) in [4.78, 5) is 25.3. The van der Waals surface area contributed by atoms with Gasteiger partial charge in [0.05, 0.1) is 18.2 Å². The number of nitrogens with zero attached hydrogens (tertiary/aromatic N) is 3. The standard InChI is InChI=1S/C15H14N4O3/c1-10-6-13(18-22-10)17-14(20)9-19(2)15(21)12-5-3-4-11(7-12)8-16/h3-7H,9H2,1-2H3,(H,17,18,20). The number of rotatable bonds is 4. The molecule has 1 heterocycles. The van der Waals surface area contributed by atoms with Gasteiger partial charge in [-0.15, -0.1) is 0 Å². The van der Waals surface area contributed by atoms with Crippen LogP contribution in [0.15, 0.2) is 34.9 Å². The van der Waals surface area contributed by atoms with Gasteiger partial charge in [0, 0.05) is 18.7 Å². The maximum atomic E-state index is 12.2. The van der Waals surface area contributed by atoms with Gasteiger partial charge in [-0.3, -0.25) is 9.59 Å². The molecule has 0 aliphatic carbocycles. The van der Waals surface area contributed by atoms with Crippen molar-refractivity contribution in [3.05, 3.63) is 47.2 Å². The van der Waals surface area contributed by atoms with Crippen molar-refractivity contribution in [1.29, 1.82) is 5.26 Å². The smallest absolute Gasteiger partial charge is 0.254 e. The molecule has 22 heavy (non-hydrogen) atoms. The number of nitriles is 1. The van der Waals surface area contributed by atoms with E-state index in [1.807, 2.05) is 6.07 Å². The van der Waals surface area contributed by atoms with E-state index in [0.717, 1.165) is 0 Å². The van der Waals surface area contributed by atoms with Crippen molar-refractivity contribution in [2.45, 2.75) is 6.92 Å². The van der Waals surface area contributed by atoms with Gasteiger partial charge in [0.15, 0.2) is 5.82 Å². The fourth-order valence-corrected chi connectivity index (χ4v) is 1.84. The highest BCUT2D eigenvalue weighted by Crippen LogP contribution is 2.09. The molecule has 1 aromatic heterocycles. The lowest BCUT2D eigenvalue weighted by molar-refractivity contribution is -0.116. The Morgan fingerprint density at radius 1 is 1.41 bits per heavy atom. The summed E-state index contributed by atoms with van der Waals surface area (Å²) < 4.78 is 4.84. The van der Waals surface area contributed by atoms with Gasteiger partial charge in [-0.1, -0.05) is 11.2 Å². The minimum Gasteiger partial charge on any atom is -0.360 e. The first kappa shape index (κ1) is 15.3. The summed E-state index contributed by atoms with van der Waals surface area (Å²) in [5, 5.41) is 15.0. The Kier molecular flexibility index (Phi) is 4.53. The predicted octanol–water partition coefficient (Wildman–Crippen LogP) is 1.57. The summed E-state index contributed by atoms with van der Waals surface area (Å²) in [6.45, 7) is 1.57. The first-order valence-corrected chi connectivity index (χ1v) is 6.48. The molecule has 0 aliphatic heterocycles. The van der Waals surface area contributed by atoms with Crippen LogP contribution >= 0.6 is 0 Å². The first-order chi connectivity index (χ1) is 10.5. The van der Waals surface area contributed by atoms with Crippen LogP contribution in [-0.4, -0.2) is 35.5 Å². The van der Waals surface area contributed by atoms with E-state index in [1.165, 1.54) is 18.0 Å². The van der Waals surface area contributed by atoms with Crippen molar-refractivity contribution in [3.8, 4) is 6.07 Å². The SMILES string of the molecule is Cc1cc(NC(=O)CN(C)C(=O)c2cccc(C#N)c2)no1. The summed E-state index contributed by atoms with van der Waals surface area (Å²) in [6, 6.07) is 9.86. The number of carbonyl (C=O) groups is 2. The minimum atomic E-state index is -0.388. The van der Waals surface area contributed by atoms with Crippen molar-refractivity contribution in [2.75, 3.05) is 18.9 Å². The average Bonchev–Trinajstić information content (AvgIpc) is 2.91. The average molecular weight is 298 g/mol. The molecule has 2 rings (SSSR count). The van der Waals surface area contributed by atoms with Gasteiger partial charge in [0.1, 0.15) is 5.76 Å². The molecule has 2 amide bonds. The molecule has 112 valence electrons. The molecule has 0 aliphatic rings. The normalized spacial score (nSPS) is 9.86. The minimum absolute atomic E-state index is 0.137. The van der Waals surface area contributed by atoms with Gasteiger partial charge in [-0.25, -0.2) is 0 Å². The van der Waals surface area contributed by atoms with Gasteiger partial charge in [-0.05, 0) is 25.1 Å². The molecular weight excluding hydrogens is 284 g/mol. The van der Waals surface area contributed by atoms with Crippen LogP contribution in [0.1, 0.15) is 21.7 Å². The predicted molar refractivity (Wildman–Crippen MR) is 78.0 cm³/mol. The Labute approximate surface area is 127 Å². The highest BCUT2D eigenvalue weighted by Gasteiger charge is 2.16. The maximum Gasteiger partial charge on any atom is 0.254 e. The number of hydrogen-bond donors (Lipinski definition) is 1. The van der Waals surface area contributed by atoms with E-state index < -0.39 is 0 Å². The summed E-state index contributed by atoms with van der Waals surface area (Å²) in [5.74, 6) is 0.145. The second-order valence-electron chi connectivity index (χ2n) is 4.72. The number of amides is 2. The molecule has 0 radical (unpaired) electrons. The van der Waals surface area contributed by atoms with Gasteiger partial charge < -0.3 is 14.7 Å². The molecule has 0 saturated carbocycles. The van der Waals surface area contributed by atoms with E-state index >= 15 is 0 Å². The number of nitrogens with one attached hydrogen (secondary N) is 1. The van der Waals surface area contributed by atoms with Crippen molar-refractivity contribution in [2.24, 2.45) is 0 Å². The quantitative estimate of drug-likeness (QED) is 0.923. The van der Waals surface area contributed by atoms with E-state index in [-0.39, 0.29) is 18.4 Å². The Bertz CT molecular complexity index is 745. The highest BCUT2D eigenvalue weighted by molar-refractivity contribution is 5.99. The van der Waals surface area contributed by atoms with Gasteiger partial charge >= 0.3 is 0 Å². The molecule has 0 bridgehead atoms. The monoisotopic (exact) mass is 298 g/mol. The molecular formula is C15H14N4O3. The zero-order valence-electron chi connectivity index (χ0n) is 12.2. The van der Waals surface area contributed by atoms with Gasteiger partial charge in [-0.2, -0.15) is 5.26 Å². The van der Waals surface area contributed by atoms with Crippen molar-refractivity contribution in [1.82, 2.24) is 10.1 Å². The third-order valence-electron chi connectivity index (χ3n) is 2.86. The van der Waals surface area contributed by atoms with Crippen LogP contribution in [0.3, 0.4) is 0 Å². The molecule has 0 fully saturated rings. The number of carbonyl (C=O) groups excluding carboxylic acids is 2. The third kappa shape index (κ3) is 3.70. The molecule has 7 heteroatoms. The molecule has 1 aromatic carbocycles. The van der Waals surface area contributed by atoms with Crippen LogP contribution in [-0.2, 0) is 4.79 Å². The fourth-order valence-electron chi connectivity index (χ4n) is 1.84. The lowest BCUT2D eigenvalue weighted by Crippen LogP contribution is -2.35. The second kappa shape index (κ2) is 6.54. The van der Waals surface area contributed by atoms with Crippen LogP contribution < -0.4 is 5.32 Å². The van der Waals surface area contributed by atoms with Crippen LogP contribution in [0.5, 0.6) is 0 Å². The van der Waals surface area contributed by atoms with E-state index in [2.05, 4.69) is 10.5 Å². The Morgan fingerprint density at radius 3 is 2.82 bits per heavy atom. The first-order valence-electron chi connectivity index (χ1n) is 6.48. The maximum absolute atomic E-state index is 12.2. The van der Waals surface area contributed by atoms with Gasteiger partial charge in [0.25, 0.3) is 5.91 Å². The molecule has 7 nitrogen and oxygen atoms in total. The van der Waals surface area contributed by atoms with Crippen LogP contribution in [0, 0.1) is 18.3 Å². The van der Waals surface area contributed by atoms with Crippen molar-refractivity contribution in [3.63, 3.8) is 0 Å². The number of aromatic nitrogens is 1.